The van der Waals surface area contributed by atoms with Gasteiger partial charge in [-0.3, -0.25) is 9.59 Å². The lowest BCUT2D eigenvalue weighted by molar-refractivity contribution is -0.168. The molecule has 27 heavy (non-hydrogen) atoms. The van der Waals surface area contributed by atoms with Gasteiger partial charge < -0.3 is 14.2 Å². The molecule has 5 nitrogen and oxygen atoms in total. The molecule has 4 rings (SSSR count). The van der Waals surface area contributed by atoms with Gasteiger partial charge in [-0.1, -0.05) is 18.6 Å². The van der Waals surface area contributed by atoms with E-state index in [0.717, 1.165) is 31.2 Å². The van der Waals surface area contributed by atoms with Crippen molar-refractivity contribution in [2.75, 3.05) is 21.3 Å². The van der Waals surface area contributed by atoms with E-state index in [1.807, 2.05) is 18.2 Å². The largest absolute Gasteiger partial charge is 0.497 e. The lowest BCUT2D eigenvalue weighted by Crippen LogP contribution is -2.55. The van der Waals surface area contributed by atoms with Crippen LogP contribution in [0.4, 0.5) is 0 Å². The van der Waals surface area contributed by atoms with Crippen molar-refractivity contribution in [1.29, 1.82) is 0 Å². The molecule has 3 aliphatic rings. The molecule has 144 valence electrons. The molecule has 2 fully saturated rings. The average molecular weight is 370 g/mol. The van der Waals surface area contributed by atoms with Crippen molar-refractivity contribution in [1.82, 2.24) is 0 Å². The minimum absolute atomic E-state index is 0.0115. The first-order valence-electron chi connectivity index (χ1n) is 9.56. The third-order valence-corrected chi connectivity index (χ3v) is 7.11. The smallest absolute Gasteiger partial charge is 0.320 e. The highest BCUT2D eigenvalue weighted by molar-refractivity contribution is 6.08. The second-order valence-corrected chi connectivity index (χ2v) is 7.89. The topological polar surface area (TPSA) is 61.8 Å². The van der Waals surface area contributed by atoms with Crippen LogP contribution in [-0.4, -0.2) is 33.1 Å². The lowest BCUT2D eigenvalue weighted by atomic mass is 9.51. The molecule has 2 saturated carbocycles. The summed E-state index contributed by atoms with van der Waals surface area (Å²) in [5, 5.41) is 0. The van der Waals surface area contributed by atoms with Gasteiger partial charge in [-0.05, 0) is 42.9 Å². The van der Waals surface area contributed by atoms with E-state index in [1.165, 1.54) is 7.11 Å². The van der Waals surface area contributed by atoms with Crippen molar-refractivity contribution < 1.29 is 23.8 Å². The van der Waals surface area contributed by atoms with E-state index >= 15 is 0 Å². The number of ether oxygens (including phenoxy) is 3. The predicted molar refractivity (Wildman–Crippen MR) is 99.9 cm³/mol. The van der Waals surface area contributed by atoms with E-state index in [0.29, 0.717) is 17.9 Å². The quantitative estimate of drug-likeness (QED) is 0.460. The summed E-state index contributed by atoms with van der Waals surface area (Å²) < 4.78 is 16.1. The van der Waals surface area contributed by atoms with E-state index in [4.69, 9.17) is 14.2 Å². The summed E-state index contributed by atoms with van der Waals surface area (Å²) in [7, 11) is 4.59. The molecule has 0 radical (unpaired) electrons. The van der Waals surface area contributed by atoms with Crippen molar-refractivity contribution in [2.45, 2.75) is 38.0 Å². The molecule has 1 spiro atoms. The number of carbonyl (C=O) groups excluding carboxylic acids is 2. The first kappa shape index (κ1) is 18.1. The number of Topliss-reactive ketones (excluding diaryl/α,β-unsaturated/α-hetero) is 1. The molecule has 0 bridgehead atoms. The molecule has 1 aromatic rings. The van der Waals surface area contributed by atoms with Crippen LogP contribution in [0.25, 0.3) is 0 Å². The van der Waals surface area contributed by atoms with Crippen LogP contribution < -0.4 is 9.47 Å². The van der Waals surface area contributed by atoms with E-state index in [-0.39, 0.29) is 23.0 Å². The highest BCUT2D eigenvalue weighted by Gasteiger charge is 2.72. The van der Waals surface area contributed by atoms with Crippen LogP contribution >= 0.6 is 0 Å². The molecule has 0 aromatic heterocycles. The molecule has 0 N–H and O–H groups in total. The molecule has 1 aromatic carbocycles. The molecule has 0 heterocycles. The molecular weight excluding hydrogens is 344 g/mol. The van der Waals surface area contributed by atoms with E-state index in [1.54, 1.807) is 20.3 Å². The normalized spacial score (nSPS) is 34.1. The summed E-state index contributed by atoms with van der Waals surface area (Å²) in [5.74, 6) is 0.784. The van der Waals surface area contributed by atoms with E-state index in [2.05, 4.69) is 6.08 Å². The molecule has 4 atom stereocenters. The minimum Gasteiger partial charge on any atom is -0.497 e. The zero-order valence-electron chi connectivity index (χ0n) is 16.1. The number of benzene rings is 1. The minimum atomic E-state index is -1.16. The van der Waals surface area contributed by atoms with Crippen molar-refractivity contribution in [3.8, 4) is 11.5 Å². The van der Waals surface area contributed by atoms with Crippen molar-refractivity contribution in [3.63, 3.8) is 0 Å². The van der Waals surface area contributed by atoms with Crippen LogP contribution in [0, 0.1) is 16.7 Å². The predicted octanol–water partition coefficient (Wildman–Crippen LogP) is 3.67. The van der Waals surface area contributed by atoms with Crippen LogP contribution in [-0.2, 0) is 14.3 Å². The fraction of sp³-hybridized carbons (Fsp3) is 0.545. The standard InChI is InChI=1S/C22H26O5/c1-25-16-11-14(12-17(13-16)26-2)18-7-6-15-5-4-9-21(15)10-8-19(23)22(18,21)20(24)27-3/h6-7,11-13,15,18H,4-5,8-10H2,1-3H3/t15-,18-,21+,22+/m0/s1. The molecule has 0 amide bonds. The van der Waals surface area contributed by atoms with E-state index < -0.39 is 11.4 Å². The van der Waals surface area contributed by atoms with Gasteiger partial charge >= 0.3 is 5.97 Å². The van der Waals surface area contributed by atoms with Crippen LogP contribution in [0.15, 0.2) is 30.4 Å². The van der Waals surface area contributed by atoms with Crippen LogP contribution in [0.1, 0.15) is 43.6 Å². The maximum Gasteiger partial charge on any atom is 0.320 e. The number of hydrogen-bond acceptors (Lipinski definition) is 5. The van der Waals surface area contributed by atoms with Crippen LogP contribution in [0.5, 0.6) is 11.5 Å². The third kappa shape index (κ3) is 2.23. The maximum atomic E-state index is 13.4. The second kappa shape index (κ2) is 6.39. The van der Waals surface area contributed by atoms with Crippen molar-refractivity contribution >= 4 is 11.8 Å². The first-order valence-corrected chi connectivity index (χ1v) is 9.56. The first-order chi connectivity index (χ1) is 13.0. The number of hydrogen-bond donors (Lipinski definition) is 0. The Balaban J connectivity index is 1.96. The highest BCUT2D eigenvalue weighted by atomic mass is 16.5. The third-order valence-electron chi connectivity index (χ3n) is 7.11. The summed E-state index contributed by atoms with van der Waals surface area (Å²) in [4.78, 5) is 26.6. The number of esters is 1. The number of rotatable bonds is 4. The number of methoxy groups -OCH3 is 3. The Morgan fingerprint density at radius 2 is 1.74 bits per heavy atom. The Hall–Kier alpha value is -2.30. The maximum absolute atomic E-state index is 13.4. The Bertz CT molecular complexity index is 791. The molecule has 0 saturated heterocycles. The average Bonchev–Trinajstić information content (AvgIpc) is 3.26. The molecular formula is C22H26O5. The fourth-order valence-corrected chi connectivity index (χ4v) is 6.04. The van der Waals surface area contributed by atoms with E-state index in [9.17, 15) is 9.59 Å². The van der Waals surface area contributed by atoms with Gasteiger partial charge in [0.05, 0.1) is 21.3 Å². The Morgan fingerprint density at radius 3 is 2.37 bits per heavy atom. The Morgan fingerprint density at radius 1 is 1.04 bits per heavy atom. The monoisotopic (exact) mass is 370 g/mol. The van der Waals surface area contributed by atoms with Gasteiger partial charge in [0.1, 0.15) is 16.9 Å². The van der Waals surface area contributed by atoms with Gasteiger partial charge in [-0.15, -0.1) is 0 Å². The summed E-state index contributed by atoms with van der Waals surface area (Å²) in [5.41, 5.74) is -0.644. The van der Waals surface area contributed by atoms with Gasteiger partial charge in [-0.2, -0.15) is 0 Å². The van der Waals surface area contributed by atoms with Crippen LogP contribution in [0.2, 0.25) is 0 Å². The summed E-state index contributed by atoms with van der Waals surface area (Å²) >= 11 is 0. The van der Waals surface area contributed by atoms with Gasteiger partial charge in [0.25, 0.3) is 0 Å². The fourth-order valence-electron chi connectivity index (χ4n) is 6.04. The number of allylic oxidation sites excluding steroid dienone is 2. The Kier molecular flexibility index (Phi) is 4.28. The number of ketones is 1. The van der Waals surface area contributed by atoms with Gasteiger partial charge in [0.15, 0.2) is 5.78 Å². The van der Waals surface area contributed by atoms with Crippen molar-refractivity contribution in [3.05, 3.63) is 35.9 Å². The number of carbonyl (C=O) groups is 2. The molecule has 0 aliphatic heterocycles. The molecule has 5 heteroatoms. The van der Waals surface area contributed by atoms with Crippen molar-refractivity contribution in [2.24, 2.45) is 16.7 Å². The van der Waals surface area contributed by atoms with Gasteiger partial charge in [0, 0.05) is 23.8 Å². The zero-order valence-corrected chi connectivity index (χ0v) is 16.1. The second-order valence-electron chi connectivity index (χ2n) is 7.89. The summed E-state index contributed by atoms with van der Waals surface area (Å²) in [6, 6.07) is 5.60. The van der Waals surface area contributed by atoms with Gasteiger partial charge in [0.2, 0.25) is 0 Å². The zero-order chi connectivity index (χ0) is 19.2. The Labute approximate surface area is 159 Å². The van der Waals surface area contributed by atoms with Gasteiger partial charge in [-0.25, -0.2) is 0 Å². The summed E-state index contributed by atoms with van der Waals surface area (Å²) in [6.07, 6.45) is 8.41. The molecule has 0 unspecified atom stereocenters. The lowest BCUT2D eigenvalue weighted by Gasteiger charge is -2.50. The molecule has 3 aliphatic carbocycles. The SMILES string of the molecule is COC(=O)[C@@]12C(=O)CC[C@@]13CCC[C@H]3C=C[C@H]2c1cc(OC)cc(OC)c1. The summed E-state index contributed by atoms with van der Waals surface area (Å²) in [6.45, 7) is 0. The van der Waals surface area contributed by atoms with Crippen LogP contribution in [0.3, 0.4) is 0 Å². The highest BCUT2D eigenvalue weighted by Crippen LogP contribution is 2.70.